The first kappa shape index (κ1) is 24.1. The molecule has 0 amide bonds. The summed E-state index contributed by atoms with van der Waals surface area (Å²) in [6.45, 7) is 6.58. The molecule has 5 aromatic carbocycles. The molecule has 0 saturated heterocycles. The summed E-state index contributed by atoms with van der Waals surface area (Å²) in [7, 11) is 2.08. The third kappa shape index (κ3) is 3.53. The molecule has 192 valence electrons. The predicted octanol–water partition coefficient (Wildman–Crippen LogP) is 9.35. The Bertz CT molecular complexity index is 2180. The Morgan fingerprint density at radius 2 is 1.45 bits per heavy atom. The normalized spacial score (nSPS) is 11.7. The van der Waals surface area contributed by atoms with E-state index in [9.17, 15) is 5.26 Å². The molecule has 0 fully saturated rings. The van der Waals surface area contributed by atoms with E-state index in [0.29, 0.717) is 11.5 Å². The standard InChI is InChI=1S/C37H29N2O/c1-22(2)25-18-19-39(4)33(20-25)34-23(3)12-15-31-32-17-14-26(21-38)35(37(32)40-36(31)34)30-11-7-10-28-27-9-6-5-8-24(27)13-16-29(28)30/h5-20,22H,1-4H3/q+1. The largest absolute Gasteiger partial charge is 0.454 e. The maximum Gasteiger partial charge on any atom is 0.216 e. The molecule has 0 N–H and O–H groups in total. The number of fused-ring (bicyclic) bond motifs is 6. The third-order valence-corrected chi connectivity index (χ3v) is 8.29. The first-order valence-electron chi connectivity index (χ1n) is 13.8. The molecule has 0 radical (unpaired) electrons. The molecular formula is C37H29N2O+. The van der Waals surface area contributed by atoms with Crippen molar-refractivity contribution in [3.8, 4) is 28.5 Å². The lowest BCUT2D eigenvalue weighted by Crippen LogP contribution is -2.31. The maximum absolute atomic E-state index is 10.3. The van der Waals surface area contributed by atoms with Gasteiger partial charge in [-0.05, 0) is 63.2 Å². The molecule has 3 heteroatoms. The zero-order chi connectivity index (χ0) is 27.5. The van der Waals surface area contributed by atoms with E-state index in [1.54, 1.807) is 0 Å². The number of furan rings is 1. The zero-order valence-electron chi connectivity index (χ0n) is 23.1. The van der Waals surface area contributed by atoms with Gasteiger partial charge in [0, 0.05) is 28.5 Å². The Morgan fingerprint density at radius 3 is 2.25 bits per heavy atom. The number of rotatable bonds is 3. The molecule has 0 aliphatic heterocycles. The lowest BCUT2D eigenvalue weighted by atomic mass is 9.91. The fraction of sp³-hybridized carbons (Fsp3) is 0.135. The van der Waals surface area contributed by atoms with Crippen LogP contribution in [0, 0.1) is 18.3 Å². The second-order valence-electron chi connectivity index (χ2n) is 11.0. The van der Waals surface area contributed by atoms with Gasteiger partial charge in [0.25, 0.3) is 0 Å². The highest BCUT2D eigenvalue weighted by Crippen LogP contribution is 2.44. The van der Waals surface area contributed by atoms with Crippen LogP contribution in [0.5, 0.6) is 0 Å². The van der Waals surface area contributed by atoms with E-state index in [2.05, 4.69) is 124 Å². The highest BCUT2D eigenvalue weighted by atomic mass is 16.3. The van der Waals surface area contributed by atoms with Crippen LogP contribution >= 0.6 is 0 Å². The van der Waals surface area contributed by atoms with Crippen LogP contribution in [0.4, 0.5) is 0 Å². The molecule has 3 nitrogen and oxygen atoms in total. The molecule has 0 bridgehead atoms. The molecular weight excluding hydrogens is 488 g/mol. The van der Waals surface area contributed by atoms with E-state index in [1.165, 1.54) is 21.7 Å². The maximum atomic E-state index is 10.3. The van der Waals surface area contributed by atoms with Crippen molar-refractivity contribution in [3.63, 3.8) is 0 Å². The van der Waals surface area contributed by atoms with E-state index >= 15 is 0 Å². The Labute approximate surface area is 233 Å². The van der Waals surface area contributed by atoms with Crippen LogP contribution in [0.2, 0.25) is 0 Å². The van der Waals surface area contributed by atoms with Gasteiger partial charge in [-0.15, -0.1) is 0 Å². The number of nitriles is 1. The number of hydrogen-bond donors (Lipinski definition) is 0. The average Bonchev–Trinajstić information content (AvgIpc) is 3.35. The van der Waals surface area contributed by atoms with Crippen molar-refractivity contribution in [2.75, 3.05) is 0 Å². The molecule has 0 atom stereocenters. The minimum atomic E-state index is 0.419. The van der Waals surface area contributed by atoms with Crippen molar-refractivity contribution < 1.29 is 8.98 Å². The highest BCUT2D eigenvalue weighted by molar-refractivity contribution is 6.18. The lowest BCUT2D eigenvalue weighted by Gasteiger charge is -2.11. The first-order valence-corrected chi connectivity index (χ1v) is 13.8. The van der Waals surface area contributed by atoms with Gasteiger partial charge in [0.05, 0.1) is 17.2 Å². The SMILES string of the molecule is Cc1ccc2c(oc3c(-c4cccc5c4ccc4ccccc45)c(C#N)ccc32)c1-c1cc(C(C)C)cc[n+]1C. The summed E-state index contributed by atoms with van der Waals surface area (Å²) in [5, 5.41) is 17.0. The van der Waals surface area contributed by atoms with Crippen LogP contribution in [-0.4, -0.2) is 0 Å². The van der Waals surface area contributed by atoms with Gasteiger partial charge in [-0.2, -0.15) is 5.26 Å². The van der Waals surface area contributed by atoms with Gasteiger partial charge in [-0.25, -0.2) is 4.57 Å². The molecule has 0 unspecified atom stereocenters. The van der Waals surface area contributed by atoms with Crippen LogP contribution in [0.15, 0.2) is 102 Å². The summed E-state index contributed by atoms with van der Waals surface area (Å²) in [5.41, 5.74) is 8.73. The fourth-order valence-corrected chi connectivity index (χ4v) is 6.13. The molecule has 2 aromatic heterocycles. The number of aryl methyl sites for hydroxylation is 2. The van der Waals surface area contributed by atoms with Crippen LogP contribution in [0.25, 0.3) is 65.9 Å². The second-order valence-corrected chi connectivity index (χ2v) is 11.0. The van der Waals surface area contributed by atoms with Crippen LogP contribution in [-0.2, 0) is 7.05 Å². The van der Waals surface area contributed by atoms with E-state index in [4.69, 9.17) is 4.42 Å². The summed E-state index contributed by atoms with van der Waals surface area (Å²) in [5.74, 6) is 0.419. The van der Waals surface area contributed by atoms with Crippen LogP contribution in [0.1, 0.15) is 36.5 Å². The van der Waals surface area contributed by atoms with Gasteiger partial charge in [-0.1, -0.05) is 80.6 Å². The van der Waals surface area contributed by atoms with Gasteiger partial charge in [0.1, 0.15) is 18.2 Å². The Hall–Kier alpha value is -4.94. The van der Waals surface area contributed by atoms with Crippen LogP contribution < -0.4 is 4.57 Å². The lowest BCUT2D eigenvalue weighted by molar-refractivity contribution is -0.660. The van der Waals surface area contributed by atoms with Crippen molar-refractivity contribution >= 4 is 43.5 Å². The average molecular weight is 518 g/mol. The van der Waals surface area contributed by atoms with Crippen molar-refractivity contribution in [3.05, 3.63) is 114 Å². The molecule has 0 spiro atoms. The Kier molecular flexibility index (Phi) is 5.47. The number of benzene rings is 5. The topological polar surface area (TPSA) is 40.8 Å². The molecule has 40 heavy (non-hydrogen) atoms. The van der Waals surface area contributed by atoms with Crippen LogP contribution in [0.3, 0.4) is 0 Å². The van der Waals surface area contributed by atoms with E-state index < -0.39 is 0 Å². The summed E-state index contributed by atoms with van der Waals surface area (Å²) in [4.78, 5) is 0. The zero-order valence-corrected chi connectivity index (χ0v) is 23.1. The molecule has 7 aromatic rings. The van der Waals surface area contributed by atoms with E-state index in [-0.39, 0.29) is 0 Å². The summed E-state index contributed by atoms with van der Waals surface area (Å²) >= 11 is 0. The van der Waals surface area contributed by atoms with Gasteiger partial charge < -0.3 is 4.42 Å². The van der Waals surface area contributed by atoms with E-state index in [1.807, 2.05) is 12.1 Å². The highest BCUT2D eigenvalue weighted by Gasteiger charge is 2.24. The third-order valence-electron chi connectivity index (χ3n) is 8.29. The van der Waals surface area contributed by atoms with Crippen molar-refractivity contribution in [1.82, 2.24) is 0 Å². The Balaban J connectivity index is 1.59. The molecule has 0 aliphatic rings. The fourth-order valence-electron chi connectivity index (χ4n) is 6.13. The molecule has 0 saturated carbocycles. The van der Waals surface area contributed by atoms with Crippen molar-refractivity contribution in [2.24, 2.45) is 7.05 Å². The molecule has 2 heterocycles. The Morgan fingerprint density at radius 1 is 0.725 bits per heavy atom. The van der Waals surface area contributed by atoms with E-state index in [0.717, 1.165) is 55.3 Å². The summed E-state index contributed by atoms with van der Waals surface area (Å²) in [6, 6.07) is 34.3. The second kappa shape index (κ2) is 9.07. The van der Waals surface area contributed by atoms with Gasteiger partial charge in [0.15, 0.2) is 6.20 Å². The minimum absolute atomic E-state index is 0.419. The summed E-state index contributed by atoms with van der Waals surface area (Å²) in [6.07, 6.45) is 2.13. The first-order chi connectivity index (χ1) is 19.5. The number of hydrogen-bond acceptors (Lipinski definition) is 2. The number of aromatic nitrogens is 1. The predicted molar refractivity (Wildman–Crippen MR) is 164 cm³/mol. The molecule has 0 aliphatic carbocycles. The summed E-state index contributed by atoms with van der Waals surface area (Å²) < 4.78 is 9.04. The smallest absolute Gasteiger partial charge is 0.216 e. The van der Waals surface area contributed by atoms with Crippen molar-refractivity contribution in [1.29, 1.82) is 5.26 Å². The quantitative estimate of drug-likeness (QED) is 0.173. The number of nitrogens with zero attached hydrogens (tertiary/aromatic N) is 2. The van der Waals surface area contributed by atoms with Crippen molar-refractivity contribution in [2.45, 2.75) is 26.7 Å². The monoisotopic (exact) mass is 517 g/mol. The van der Waals surface area contributed by atoms with Gasteiger partial charge in [-0.3, -0.25) is 0 Å². The number of pyridine rings is 1. The van der Waals surface area contributed by atoms with Gasteiger partial charge >= 0.3 is 0 Å². The van der Waals surface area contributed by atoms with Gasteiger partial charge in [0.2, 0.25) is 5.69 Å². The minimum Gasteiger partial charge on any atom is -0.454 e. The molecule has 7 rings (SSSR count).